The van der Waals surface area contributed by atoms with Crippen molar-refractivity contribution < 1.29 is 18.5 Å². The van der Waals surface area contributed by atoms with Gasteiger partial charge in [-0.15, -0.1) is 0 Å². The largest absolute Gasteiger partial charge is 0.469 e. The Morgan fingerprint density at radius 1 is 1.55 bits per heavy atom. The fourth-order valence-electron chi connectivity index (χ4n) is 2.25. The molecule has 0 aromatic heterocycles. The standard InChI is InChI=1S/C8H16INOS.C6H11NO3/c1-10-5-2-3-8(7-10)4-6-11-12-9;1-10-6(9)3-2-4-7-5-8/h8H,2-7H2,1H3;5H,2-4H2,1H3,(H,7,8). The second-order valence-corrected chi connectivity index (χ2v) is 6.64. The number of likely N-dealkylation sites (tertiary alicyclic amines) is 1. The van der Waals surface area contributed by atoms with E-state index in [1.54, 1.807) is 0 Å². The van der Waals surface area contributed by atoms with Crippen LogP contribution in [0.15, 0.2) is 0 Å². The molecular formula is C14H27IN2O4S. The molecule has 1 heterocycles. The van der Waals surface area contributed by atoms with Crippen molar-refractivity contribution in [1.29, 1.82) is 0 Å². The first-order chi connectivity index (χ1) is 10.6. The number of nitrogens with zero attached hydrogens (tertiary/aromatic N) is 1. The summed E-state index contributed by atoms with van der Waals surface area (Å²) in [5.41, 5.74) is 0. The highest BCUT2D eigenvalue weighted by atomic mass is 127. The number of amides is 1. The third-order valence-corrected chi connectivity index (χ3v) is 4.41. The number of hydrogen-bond donors (Lipinski definition) is 1. The van der Waals surface area contributed by atoms with Crippen molar-refractivity contribution in [3.63, 3.8) is 0 Å². The van der Waals surface area contributed by atoms with Gasteiger partial charge in [-0.05, 0) is 45.2 Å². The van der Waals surface area contributed by atoms with Crippen LogP contribution in [0, 0.1) is 5.92 Å². The van der Waals surface area contributed by atoms with Crippen LogP contribution in [0.1, 0.15) is 32.1 Å². The molecule has 6 nitrogen and oxygen atoms in total. The number of ether oxygens (including phenoxy) is 1. The molecule has 130 valence electrons. The number of piperidine rings is 1. The van der Waals surface area contributed by atoms with E-state index in [-0.39, 0.29) is 5.97 Å². The summed E-state index contributed by atoms with van der Waals surface area (Å²) in [4.78, 5) is 22.6. The summed E-state index contributed by atoms with van der Waals surface area (Å²) in [6, 6.07) is 0. The maximum atomic E-state index is 10.4. The highest BCUT2D eigenvalue weighted by Gasteiger charge is 2.16. The van der Waals surface area contributed by atoms with Gasteiger partial charge in [-0.1, -0.05) is 0 Å². The van der Waals surface area contributed by atoms with Gasteiger partial charge >= 0.3 is 5.97 Å². The normalized spacial score (nSPS) is 18.0. The molecule has 1 saturated heterocycles. The molecule has 0 bridgehead atoms. The molecule has 1 fully saturated rings. The van der Waals surface area contributed by atoms with E-state index in [1.165, 1.54) is 48.7 Å². The van der Waals surface area contributed by atoms with Crippen molar-refractivity contribution in [1.82, 2.24) is 10.2 Å². The Hall–Kier alpha value is -0.0600. The lowest BCUT2D eigenvalue weighted by atomic mass is 9.96. The molecular weight excluding hydrogens is 419 g/mol. The fraction of sp³-hybridized carbons (Fsp3) is 0.857. The SMILES string of the molecule is CN1CCCC(CCOSI)C1.COC(=O)CCCNC=O. The van der Waals surface area contributed by atoms with Crippen LogP contribution in [0.4, 0.5) is 0 Å². The first-order valence-corrected chi connectivity index (χ1v) is 10.7. The van der Waals surface area contributed by atoms with Gasteiger partial charge in [0.25, 0.3) is 0 Å². The van der Waals surface area contributed by atoms with Crippen molar-refractivity contribution in [2.75, 3.05) is 40.4 Å². The molecule has 1 aliphatic rings. The Morgan fingerprint density at radius 2 is 2.32 bits per heavy atom. The summed E-state index contributed by atoms with van der Waals surface area (Å²) < 4.78 is 9.63. The molecule has 1 unspecified atom stereocenters. The van der Waals surface area contributed by atoms with E-state index < -0.39 is 0 Å². The van der Waals surface area contributed by atoms with Crippen LogP contribution in [0.25, 0.3) is 0 Å². The van der Waals surface area contributed by atoms with Crippen molar-refractivity contribution in [2.45, 2.75) is 32.1 Å². The van der Waals surface area contributed by atoms with Gasteiger partial charge in [0, 0.05) is 40.7 Å². The number of nitrogens with one attached hydrogen (secondary N) is 1. The Labute approximate surface area is 149 Å². The second kappa shape index (κ2) is 15.8. The van der Waals surface area contributed by atoms with Gasteiger partial charge in [0.15, 0.2) is 0 Å². The zero-order valence-electron chi connectivity index (χ0n) is 13.4. The molecule has 0 aliphatic carbocycles. The third-order valence-electron chi connectivity index (χ3n) is 3.39. The van der Waals surface area contributed by atoms with E-state index in [9.17, 15) is 9.59 Å². The van der Waals surface area contributed by atoms with Crippen LogP contribution >= 0.6 is 30.4 Å². The highest BCUT2D eigenvalue weighted by Crippen LogP contribution is 2.20. The zero-order valence-corrected chi connectivity index (χ0v) is 16.4. The summed E-state index contributed by atoms with van der Waals surface area (Å²) in [7, 11) is 5.00. The quantitative estimate of drug-likeness (QED) is 0.193. The van der Waals surface area contributed by atoms with Crippen molar-refractivity contribution in [3.8, 4) is 0 Å². The minimum Gasteiger partial charge on any atom is -0.469 e. The molecule has 0 spiro atoms. The zero-order chi connectivity index (χ0) is 16.6. The second-order valence-electron chi connectivity index (χ2n) is 5.20. The minimum atomic E-state index is -0.243. The van der Waals surface area contributed by atoms with Crippen LogP contribution < -0.4 is 5.32 Å². The molecule has 0 radical (unpaired) electrons. The van der Waals surface area contributed by atoms with E-state index in [0.717, 1.165) is 12.5 Å². The lowest BCUT2D eigenvalue weighted by molar-refractivity contribution is -0.140. The Kier molecular flexibility index (Phi) is 15.8. The first-order valence-electron chi connectivity index (χ1n) is 7.46. The molecule has 22 heavy (non-hydrogen) atoms. The van der Waals surface area contributed by atoms with E-state index >= 15 is 0 Å². The molecule has 0 aromatic rings. The lowest BCUT2D eigenvalue weighted by Gasteiger charge is -2.29. The van der Waals surface area contributed by atoms with Gasteiger partial charge < -0.3 is 19.1 Å². The van der Waals surface area contributed by atoms with Crippen molar-refractivity contribution >= 4 is 42.8 Å². The summed E-state index contributed by atoms with van der Waals surface area (Å²) >= 11 is 2.17. The summed E-state index contributed by atoms with van der Waals surface area (Å²) in [5.74, 6) is 0.625. The van der Waals surface area contributed by atoms with Crippen LogP contribution in [-0.4, -0.2) is 57.7 Å². The molecule has 1 aliphatic heterocycles. The highest BCUT2D eigenvalue weighted by molar-refractivity contribution is 14.2. The van der Waals surface area contributed by atoms with Crippen molar-refractivity contribution in [2.24, 2.45) is 5.92 Å². The summed E-state index contributed by atoms with van der Waals surface area (Å²) in [6.45, 7) is 3.97. The number of halogens is 1. The Balaban J connectivity index is 0.000000409. The van der Waals surface area contributed by atoms with Gasteiger partial charge in [0.05, 0.1) is 22.9 Å². The average molecular weight is 446 g/mol. The number of carbonyl (C=O) groups excluding carboxylic acids is 2. The fourth-order valence-corrected chi connectivity index (χ4v) is 2.95. The number of rotatable bonds is 9. The molecule has 1 N–H and O–H groups in total. The number of esters is 1. The van der Waals surface area contributed by atoms with Crippen LogP contribution in [-0.2, 0) is 18.5 Å². The number of hydrogen-bond acceptors (Lipinski definition) is 6. The molecule has 1 rings (SSSR count). The Bertz CT molecular complexity index is 298. The summed E-state index contributed by atoms with van der Waals surface area (Å²) in [5, 5.41) is 2.44. The van der Waals surface area contributed by atoms with Gasteiger partial charge in [-0.2, -0.15) is 0 Å². The topological polar surface area (TPSA) is 67.9 Å². The number of methoxy groups -OCH3 is 1. The van der Waals surface area contributed by atoms with E-state index in [1.807, 2.05) is 0 Å². The van der Waals surface area contributed by atoms with Crippen LogP contribution in [0.5, 0.6) is 0 Å². The molecule has 0 saturated carbocycles. The van der Waals surface area contributed by atoms with Crippen LogP contribution in [0.2, 0.25) is 0 Å². The van der Waals surface area contributed by atoms with E-state index in [2.05, 4.69) is 43.2 Å². The predicted octanol–water partition coefficient (Wildman–Crippen LogP) is 2.42. The first kappa shape index (κ1) is 21.9. The smallest absolute Gasteiger partial charge is 0.305 e. The average Bonchev–Trinajstić information content (AvgIpc) is 2.52. The van der Waals surface area contributed by atoms with Gasteiger partial charge in [-0.25, -0.2) is 0 Å². The lowest BCUT2D eigenvalue weighted by Crippen LogP contribution is -2.32. The maximum Gasteiger partial charge on any atom is 0.305 e. The third kappa shape index (κ3) is 13.6. The molecule has 0 aromatic carbocycles. The maximum absolute atomic E-state index is 10.4. The van der Waals surface area contributed by atoms with E-state index in [4.69, 9.17) is 4.18 Å². The monoisotopic (exact) mass is 446 g/mol. The summed E-state index contributed by atoms with van der Waals surface area (Å²) in [6.07, 6.45) is 5.57. The Morgan fingerprint density at radius 3 is 2.91 bits per heavy atom. The van der Waals surface area contributed by atoms with Gasteiger partial charge in [0.2, 0.25) is 6.41 Å². The van der Waals surface area contributed by atoms with Crippen molar-refractivity contribution in [3.05, 3.63) is 0 Å². The van der Waals surface area contributed by atoms with E-state index in [0.29, 0.717) is 25.8 Å². The number of carbonyl (C=O) groups is 2. The van der Waals surface area contributed by atoms with Gasteiger partial charge in [0.1, 0.15) is 0 Å². The van der Waals surface area contributed by atoms with Crippen LogP contribution in [0.3, 0.4) is 0 Å². The minimum absolute atomic E-state index is 0.243. The van der Waals surface area contributed by atoms with Gasteiger partial charge in [-0.3, -0.25) is 9.59 Å². The molecule has 8 heteroatoms. The molecule has 1 amide bonds. The molecule has 1 atom stereocenters. The predicted molar refractivity (Wildman–Crippen MR) is 97.7 cm³/mol.